The molecule has 1 aromatic heterocycles. The van der Waals surface area contributed by atoms with Crippen LogP contribution in [0.2, 0.25) is 0 Å². The van der Waals surface area contributed by atoms with Gasteiger partial charge in [-0.25, -0.2) is 4.98 Å². The minimum Gasteiger partial charge on any atom is -0.330 e. The topological polar surface area (TPSA) is 50.9 Å². The Morgan fingerprint density at radius 1 is 1.60 bits per heavy atom. The van der Waals surface area contributed by atoms with Crippen molar-refractivity contribution in [3.63, 3.8) is 0 Å². The third-order valence-corrected chi connectivity index (χ3v) is 4.36. The molecule has 0 aliphatic heterocycles. The zero-order valence-electron chi connectivity index (χ0n) is 9.42. The summed E-state index contributed by atoms with van der Waals surface area (Å²) in [6.45, 7) is 6.17. The number of nitrogens with zero attached hydrogens (tertiary/aromatic N) is 1. The van der Waals surface area contributed by atoms with Crippen LogP contribution in [0.5, 0.6) is 0 Å². The first kappa shape index (κ1) is 11.0. The number of aromatic nitrogens is 1. The molecule has 1 heterocycles. The second-order valence-corrected chi connectivity index (χ2v) is 5.91. The van der Waals surface area contributed by atoms with Crippen LogP contribution in [0.15, 0.2) is 11.6 Å². The van der Waals surface area contributed by atoms with Crippen LogP contribution in [0, 0.1) is 5.41 Å². The van der Waals surface area contributed by atoms with Gasteiger partial charge in [-0.15, -0.1) is 11.3 Å². The highest BCUT2D eigenvalue weighted by molar-refractivity contribution is 7.09. The van der Waals surface area contributed by atoms with E-state index in [0.29, 0.717) is 5.41 Å². The van der Waals surface area contributed by atoms with E-state index in [2.05, 4.69) is 24.1 Å². The predicted octanol–water partition coefficient (Wildman–Crippen LogP) is 1.71. The Kier molecular flexibility index (Phi) is 2.83. The van der Waals surface area contributed by atoms with Gasteiger partial charge in [0.25, 0.3) is 0 Å². The van der Waals surface area contributed by atoms with E-state index in [-0.39, 0.29) is 5.54 Å². The Balaban J connectivity index is 1.93. The van der Waals surface area contributed by atoms with Crippen LogP contribution in [0.3, 0.4) is 0 Å². The van der Waals surface area contributed by atoms with Crippen LogP contribution in [0.4, 0.5) is 0 Å². The highest BCUT2D eigenvalue weighted by Gasteiger charge is 2.42. The fraction of sp³-hybridized carbons (Fsp3) is 0.727. The Morgan fingerprint density at radius 3 is 2.80 bits per heavy atom. The molecule has 1 fully saturated rings. The van der Waals surface area contributed by atoms with Crippen LogP contribution in [0.1, 0.15) is 31.7 Å². The Labute approximate surface area is 95.1 Å². The lowest BCUT2D eigenvalue weighted by Crippen LogP contribution is -2.41. The molecule has 0 bridgehead atoms. The SMILES string of the molecule is CC(C)(NCC1(CN)CC1)c1nccs1. The van der Waals surface area contributed by atoms with Crippen LogP contribution < -0.4 is 11.1 Å². The van der Waals surface area contributed by atoms with Gasteiger partial charge in [-0.2, -0.15) is 0 Å². The van der Waals surface area contributed by atoms with E-state index >= 15 is 0 Å². The summed E-state index contributed by atoms with van der Waals surface area (Å²) < 4.78 is 0. The molecule has 0 unspecified atom stereocenters. The van der Waals surface area contributed by atoms with E-state index in [1.807, 2.05) is 11.6 Å². The van der Waals surface area contributed by atoms with Crippen molar-refractivity contribution < 1.29 is 0 Å². The van der Waals surface area contributed by atoms with Crippen molar-refractivity contribution in [2.75, 3.05) is 13.1 Å². The maximum atomic E-state index is 5.76. The average molecular weight is 225 g/mol. The van der Waals surface area contributed by atoms with Crippen molar-refractivity contribution >= 4 is 11.3 Å². The number of rotatable bonds is 5. The Hall–Kier alpha value is -0.450. The van der Waals surface area contributed by atoms with Crippen molar-refractivity contribution in [1.29, 1.82) is 0 Å². The Morgan fingerprint density at radius 2 is 2.33 bits per heavy atom. The van der Waals surface area contributed by atoms with Crippen molar-refractivity contribution in [3.8, 4) is 0 Å². The van der Waals surface area contributed by atoms with Crippen molar-refractivity contribution in [2.24, 2.45) is 11.1 Å². The average Bonchev–Trinajstić information content (AvgIpc) is 2.77. The monoisotopic (exact) mass is 225 g/mol. The highest BCUT2D eigenvalue weighted by Crippen LogP contribution is 2.44. The normalized spacial score (nSPS) is 19.1. The van der Waals surface area contributed by atoms with Crippen LogP contribution in [0.25, 0.3) is 0 Å². The van der Waals surface area contributed by atoms with Gasteiger partial charge in [0.2, 0.25) is 0 Å². The van der Waals surface area contributed by atoms with Gasteiger partial charge in [-0.3, -0.25) is 0 Å². The molecule has 3 nitrogen and oxygen atoms in total. The first-order valence-electron chi connectivity index (χ1n) is 5.43. The van der Waals surface area contributed by atoms with E-state index in [1.54, 1.807) is 11.3 Å². The smallest absolute Gasteiger partial charge is 0.112 e. The summed E-state index contributed by atoms with van der Waals surface area (Å²) in [6.07, 6.45) is 4.40. The molecule has 1 aromatic rings. The second kappa shape index (κ2) is 3.85. The van der Waals surface area contributed by atoms with Crippen LogP contribution >= 0.6 is 11.3 Å². The summed E-state index contributed by atoms with van der Waals surface area (Å²) in [5, 5.41) is 6.75. The number of hydrogen-bond acceptors (Lipinski definition) is 4. The van der Waals surface area contributed by atoms with Gasteiger partial charge < -0.3 is 11.1 Å². The highest BCUT2D eigenvalue weighted by atomic mass is 32.1. The van der Waals surface area contributed by atoms with Gasteiger partial charge >= 0.3 is 0 Å². The van der Waals surface area contributed by atoms with E-state index in [1.165, 1.54) is 12.8 Å². The van der Waals surface area contributed by atoms with Crippen LogP contribution in [-0.4, -0.2) is 18.1 Å². The molecule has 0 amide bonds. The third-order valence-electron chi connectivity index (χ3n) is 3.26. The number of nitrogens with two attached hydrogens (primary N) is 1. The zero-order chi connectivity index (χ0) is 10.9. The maximum absolute atomic E-state index is 5.76. The molecule has 3 N–H and O–H groups in total. The molecule has 1 saturated carbocycles. The zero-order valence-corrected chi connectivity index (χ0v) is 10.2. The van der Waals surface area contributed by atoms with E-state index in [9.17, 15) is 0 Å². The molecule has 84 valence electrons. The standard InChI is InChI=1S/C11H19N3S/c1-10(2,9-13-5-6-15-9)14-8-11(7-12)3-4-11/h5-6,14H,3-4,7-8,12H2,1-2H3. The lowest BCUT2D eigenvalue weighted by molar-refractivity contribution is 0.345. The molecule has 0 radical (unpaired) electrons. The summed E-state index contributed by atoms with van der Waals surface area (Å²) in [5.41, 5.74) is 6.12. The van der Waals surface area contributed by atoms with E-state index in [4.69, 9.17) is 5.73 Å². The Bertz CT molecular complexity index is 315. The second-order valence-electron chi connectivity index (χ2n) is 5.02. The minimum absolute atomic E-state index is 0.0288. The maximum Gasteiger partial charge on any atom is 0.112 e. The summed E-state index contributed by atoms with van der Waals surface area (Å²) in [4.78, 5) is 4.36. The first-order valence-corrected chi connectivity index (χ1v) is 6.31. The van der Waals surface area contributed by atoms with Crippen molar-refractivity contribution in [2.45, 2.75) is 32.2 Å². The predicted molar refractivity (Wildman–Crippen MR) is 63.9 cm³/mol. The molecule has 0 saturated heterocycles. The van der Waals surface area contributed by atoms with Crippen LogP contribution in [-0.2, 0) is 5.54 Å². The number of thiazole rings is 1. The van der Waals surface area contributed by atoms with Crippen molar-refractivity contribution in [3.05, 3.63) is 16.6 Å². The van der Waals surface area contributed by atoms with Gasteiger partial charge in [0, 0.05) is 18.1 Å². The van der Waals surface area contributed by atoms with Gasteiger partial charge in [0.05, 0.1) is 5.54 Å². The summed E-state index contributed by atoms with van der Waals surface area (Å²) >= 11 is 1.70. The third kappa shape index (κ3) is 2.38. The van der Waals surface area contributed by atoms with E-state index in [0.717, 1.165) is 18.1 Å². The lowest BCUT2D eigenvalue weighted by atomic mass is 10.0. The molecular weight excluding hydrogens is 206 g/mol. The quantitative estimate of drug-likeness (QED) is 0.802. The molecule has 0 atom stereocenters. The molecule has 15 heavy (non-hydrogen) atoms. The molecule has 0 spiro atoms. The largest absolute Gasteiger partial charge is 0.330 e. The molecular formula is C11H19N3S. The fourth-order valence-corrected chi connectivity index (χ4v) is 2.39. The van der Waals surface area contributed by atoms with Gasteiger partial charge in [-0.1, -0.05) is 0 Å². The van der Waals surface area contributed by atoms with Gasteiger partial charge in [0.1, 0.15) is 5.01 Å². The first-order chi connectivity index (χ1) is 7.08. The molecule has 4 heteroatoms. The van der Waals surface area contributed by atoms with E-state index < -0.39 is 0 Å². The summed E-state index contributed by atoms with van der Waals surface area (Å²) in [5.74, 6) is 0. The number of nitrogens with one attached hydrogen (secondary N) is 1. The molecule has 1 aliphatic carbocycles. The van der Waals surface area contributed by atoms with Gasteiger partial charge in [0.15, 0.2) is 0 Å². The minimum atomic E-state index is -0.0288. The lowest BCUT2D eigenvalue weighted by Gasteiger charge is -2.26. The summed E-state index contributed by atoms with van der Waals surface area (Å²) in [7, 11) is 0. The molecule has 1 aliphatic rings. The van der Waals surface area contributed by atoms with Crippen molar-refractivity contribution in [1.82, 2.24) is 10.3 Å². The fourth-order valence-electron chi connectivity index (χ4n) is 1.65. The number of hydrogen-bond donors (Lipinski definition) is 2. The molecule has 0 aromatic carbocycles. The summed E-state index contributed by atoms with van der Waals surface area (Å²) in [6, 6.07) is 0. The van der Waals surface area contributed by atoms with Gasteiger partial charge in [-0.05, 0) is 38.6 Å². The molecule has 2 rings (SSSR count).